The number of tetrazole rings is 1. The second-order valence-corrected chi connectivity index (χ2v) is 7.96. The normalized spacial score (nSPS) is 19.1. The van der Waals surface area contributed by atoms with Crippen LogP contribution < -0.4 is 0 Å². The summed E-state index contributed by atoms with van der Waals surface area (Å²) in [4.78, 5) is 11.8. The highest BCUT2D eigenvalue weighted by Crippen LogP contribution is 2.37. The van der Waals surface area contributed by atoms with E-state index in [-0.39, 0.29) is 18.1 Å². The fourth-order valence-corrected chi connectivity index (χ4v) is 3.49. The van der Waals surface area contributed by atoms with Crippen LogP contribution in [0.4, 0.5) is 0 Å². The van der Waals surface area contributed by atoms with Crippen LogP contribution in [0, 0.1) is 5.41 Å². The lowest BCUT2D eigenvalue weighted by molar-refractivity contribution is -0.151. The first-order chi connectivity index (χ1) is 9.82. The van der Waals surface area contributed by atoms with Crippen LogP contribution in [0.3, 0.4) is 0 Å². The molecule has 0 unspecified atom stereocenters. The quantitative estimate of drug-likeness (QED) is 0.793. The Morgan fingerprint density at radius 3 is 2.43 bits per heavy atom. The predicted octanol–water partition coefficient (Wildman–Crippen LogP) is 0.643. The number of aliphatic carboxylic acids is 1. The largest absolute Gasteiger partial charge is 0.481 e. The molecule has 1 saturated carbocycles. The van der Waals surface area contributed by atoms with E-state index in [1.807, 2.05) is 0 Å². The first-order valence-electron chi connectivity index (χ1n) is 6.99. The highest BCUT2D eigenvalue weighted by molar-refractivity contribution is 7.89. The topological polar surface area (TPSA) is 115 Å². The van der Waals surface area contributed by atoms with Gasteiger partial charge in [-0.25, -0.2) is 13.1 Å². The summed E-state index contributed by atoms with van der Waals surface area (Å²) in [6.45, 7) is 0.125. The molecule has 118 valence electrons. The summed E-state index contributed by atoms with van der Waals surface area (Å²) in [6, 6.07) is 0. The minimum Gasteiger partial charge on any atom is -0.481 e. The molecule has 0 aromatic carbocycles. The van der Waals surface area contributed by atoms with Gasteiger partial charge in [0.2, 0.25) is 0 Å². The average Bonchev–Trinajstić information content (AvgIpc) is 2.64. The van der Waals surface area contributed by atoms with Crippen molar-refractivity contribution in [3.05, 3.63) is 5.82 Å². The van der Waals surface area contributed by atoms with Crippen molar-refractivity contribution < 1.29 is 18.3 Å². The highest BCUT2D eigenvalue weighted by Gasteiger charge is 2.40. The molecule has 1 aromatic rings. The van der Waals surface area contributed by atoms with Crippen molar-refractivity contribution in [1.29, 1.82) is 0 Å². The summed E-state index contributed by atoms with van der Waals surface area (Å²) < 4.78 is 24.1. The van der Waals surface area contributed by atoms with Crippen LogP contribution in [0.1, 0.15) is 44.3 Å². The van der Waals surface area contributed by atoms with Crippen LogP contribution in [0.15, 0.2) is 0 Å². The summed E-state index contributed by atoms with van der Waals surface area (Å²) >= 11 is 0. The standard InChI is InChI=1S/C12H20N4O4S/c1-21(19,20)8-10-13-14-15-16(10)9-12(11(17)18)6-4-2-3-5-7-12/h2-9H2,1H3,(H,17,18). The number of sulfone groups is 1. The third-order valence-corrected chi connectivity index (χ3v) is 4.75. The second kappa shape index (κ2) is 6.08. The van der Waals surface area contributed by atoms with E-state index < -0.39 is 21.2 Å². The second-order valence-electron chi connectivity index (χ2n) is 5.82. The molecule has 21 heavy (non-hydrogen) atoms. The van der Waals surface area contributed by atoms with Crippen molar-refractivity contribution in [3.63, 3.8) is 0 Å². The summed E-state index contributed by atoms with van der Waals surface area (Å²) in [5, 5.41) is 20.6. The third kappa shape index (κ3) is 3.99. The van der Waals surface area contributed by atoms with Crippen LogP contribution in [0.5, 0.6) is 0 Å². The number of hydrogen-bond donors (Lipinski definition) is 1. The van der Waals surface area contributed by atoms with Gasteiger partial charge < -0.3 is 5.11 Å². The molecular formula is C12H20N4O4S. The van der Waals surface area contributed by atoms with Crippen LogP contribution in [-0.2, 0) is 26.9 Å². The predicted molar refractivity (Wildman–Crippen MR) is 74.1 cm³/mol. The molecule has 0 aliphatic heterocycles. The molecular weight excluding hydrogens is 296 g/mol. The number of carboxylic acid groups (broad SMARTS) is 1. The molecule has 1 N–H and O–H groups in total. The molecule has 0 saturated heterocycles. The number of hydrogen-bond acceptors (Lipinski definition) is 6. The molecule has 0 spiro atoms. The molecule has 0 amide bonds. The number of rotatable bonds is 5. The molecule has 1 aliphatic rings. The molecule has 0 atom stereocenters. The van der Waals surface area contributed by atoms with Crippen molar-refractivity contribution in [3.8, 4) is 0 Å². The zero-order chi connectivity index (χ0) is 15.5. The van der Waals surface area contributed by atoms with Gasteiger partial charge in [-0.15, -0.1) is 5.10 Å². The zero-order valence-corrected chi connectivity index (χ0v) is 12.8. The Hall–Kier alpha value is -1.51. The molecule has 1 aromatic heterocycles. The van der Waals surface area contributed by atoms with Gasteiger partial charge in [0.15, 0.2) is 15.7 Å². The summed E-state index contributed by atoms with van der Waals surface area (Å²) in [5.74, 6) is -0.942. The molecule has 1 fully saturated rings. The van der Waals surface area contributed by atoms with Gasteiger partial charge in [-0.3, -0.25) is 4.79 Å². The van der Waals surface area contributed by atoms with E-state index in [1.54, 1.807) is 0 Å². The van der Waals surface area contributed by atoms with Crippen molar-refractivity contribution >= 4 is 15.8 Å². The van der Waals surface area contributed by atoms with E-state index in [9.17, 15) is 18.3 Å². The molecule has 9 heteroatoms. The first kappa shape index (κ1) is 15.9. The fraction of sp³-hybridized carbons (Fsp3) is 0.833. The molecule has 8 nitrogen and oxygen atoms in total. The zero-order valence-electron chi connectivity index (χ0n) is 12.0. The molecule has 1 heterocycles. The van der Waals surface area contributed by atoms with Gasteiger partial charge >= 0.3 is 5.97 Å². The van der Waals surface area contributed by atoms with Gasteiger partial charge in [0.05, 0.1) is 12.0 Å². The van der Waals surface area contributed by atoms with E-state index in [0.717, 1.165) is 31.9 Å². The SMILES string of the molecule is CS(=O)(=O)Cc1nnnn1CC1(C(=O)O)CCCCCC1. The molecule has 0 bridgehead atoms. The monoisotopic (exact) mass is 316 g/mol. The van der Waals surface area contributed by atoms with Gasteiger partial charge in [-0.2, -0.15) is 0 Å². The molecule has 2 rings (SSSR count). The lowest BCUT2D eigenvalue weighted by Crippen LogP contribution is -2.36. The van der Waals surface area contributed by atoms with E-state index in [4.69, 9.17) is 0 Å². The Labute approximate surface area is 123 Å². The summed E-state index contributed by atoms with van der Waals surface area (Å²) in [6.07, 6.45) is 6.01. The van der Waals surface area contributed by atoms with Crippen molar-refractivity contribution in [2.24, 2.45) is 5.41 Å². The van der Waals surface area contributed by atoms with Gasteiger partial charge in [-0.1, -0.05) is 25.7 Å². The van der Waals surface area contributed by atoms with Crippen LogP contribution in [0.25, 0.3) is 0 Å². The third-order valence-electron chi connectivity index (χ3n) is 3.96. The smallest absolute Gasteiger partial charge is 0.311 e. The van der Waals surface area contributed by atoms with Gasteiger partial charge in [0, 0.05) is 6.26 Å². The maximum Gasteiger partial charge on any atom is 0.311 e. The summed E-state index contributed by atoms with van der Waals surface area (Å²) in [5.41, 5.74) is -0.905. The fourth-order valence-electron chi connectivity index (χ4n) is 2.82. The number of aromatic nitrogens is 4. The maximum absolute atomic E-state index is 11.8. The Bertz CT molecular complexity index is 603. The number of carbonyl (C=O) groups is 1. The lowest BCUT2D eigenvalue weighted by Gasteiger charge is -2.27. The highest BCUT2D eigenvalue weighted by atomic mass is 32.2. The Balaban J connectivity index is 2.25. The van der Waals surface area contributed by atoms with Crippen molar-refractivity contribution in [2.45, 2.75) is 50.8 Å². The van der Waals surface area contributed by atoms with E-state index in [1.165, 1.54) is 4.68 Å². The Morgan fingerprint density at radius 2 is 1.90 bits per heavy atom. The first-order valence-corrected chi connectivity index (χ1v) is 9.05. The average molecular weight is 316 g/mol. The van der Waals surface area contributed by atoms with Gasteiger partial charge in [0.25, 0.3) is 0 Å². The van der Waals surface area contributed by atoms with E-state index >= 15 is 0 Å². The van der Waals surface area contributed by atoms with Crippen LogP contribution in [-0.4, -0.2) is 46.0 Å². The summed E-state index contributed by atoms with van der Waals surface area (Å²) in [7, 11) is -3.27. The van der Waals surface area contributed by atoms with Crippen molar-refractivity contribution in [1.82, 2.24) is 20.2 Å². The van der Waals surface area contributed by atoms with E-state index in [0.29, 0.717) is 12.8 Å². The van der Waals surface area contributed by atoms with E-state index in [2.05, 4.69) is 15.5 Å². The number of carboxylic acids is 1. The van der Waals surface area contributed by atoms with Crippen LogP contribution >= 0.6 is 0 Å². The minimum absolute atomic E-state index is 0.125. The van der Waals surface area contributed by atoms with Crippen molar-refractivity contribution in [2.75, 3.05) is 6.26 Å². The molecule has 0 radical (unpaired) electrons. The lowest BCUT2D eigenvalue weighted by atomic mass is 9.80. The van der Waals surface area contributed by atoms with Gasteiger partial charge in [0.1, 0.15) is 5.75 Å². The Kier molecular flexibility index (Phi) is 4.60. The Morgan fingerprint density at radius 1 is 1.29 bits per heavy atom. The minimum atomic E-state index is -3.27. The molecule has 1 aliphatic carbocycles. The van der Waals surface area contributed by atoms with Gasteiger partial charge in [-0.05, 0) is 23.3 Å². The number of nitrogens with zero attached hydrogens (tertiary/aromatic N) is 4. The maximum atomic E-state index is 11.8. The van der Waals surface area contributed by atoms with Crippen LogP contribution in [0.2, 0.25) is 0 Å².